The molecule has 1 aromatic carbocycles. The van der Waals surface area contributed by atoms with Gasteiger partial charge >= 0.3 is 11.9 Å². The zero-order valence-corrected chi connectivity index (χ0v) is 21.3. The summed E-state index contributed by atoms with van der Waals surface area (Å²) in [4.78, 5) is 24.7. The second-order valence-corrected chi connectivity index (χ2v) is 9.75. The van der Waals surface area contributed by atoms with Gasteiger partial charge in [0.25, 0.3) is 0 Å². The van der Waals surface area contributed by atoms with Crippen molar-refractivity contribution in [1.29, 1.82) is 0 Å². The number of aliphatic hydroxyl groups is 4. The molecular formula is C26H30O14. The van der Waals surface area contributed by atoms with Gasteiger partial charge in [-0.15, -0.1) is 0 Å². The number of methoxy groups -OCH3 is 1. The fourth-order valence-corrected chi connectivity index (χ4v) is 5.07. The predicted octanol–water partition coefficient (Wildman–Crippen LogP) is -1.29. The Balaban J connectivity index is 1.26. The number of cyclic esters (lactones) is 1. The molecule has 1 aromatic rings. The van der Waals surface area contributed by atoms with Crippen molar-refractivity contribution in [3.8, 4) is 11.5 Å². The highest BCUT2D eigenvalue weighted by Gasteiger charge is 2.60. The van der Waals surface area contributed by atoms with Crippen LogP contribution in [-0.4, -0.2) is 113 Å². The fraction of sp³-hybridized carbons (Fsp3) is 0.538. The van der Waals surface area contributed by atoms with Crippen molar-refractivity contribution in [2.45, 2.75) is 55.1 Å². The fourth-order valence-electron chi connectivity index (χ4n) is 5.07. The molecule has 40 heavy (non-hydrogen) atoms. The van der Waals surface area contributed by atoms with Crippen molar-refractivity contribution in [1.82, 2.24) is 0 Å². The van der Waals surface area contributed by atoms with E-state index < -0.39 is 73.2 Å². The minimum Gasteiger partial charge on any atom is -0.504 e. The van der Waals surface area contributed by atoms with Crippen molar-refractivity contribution in [2.75, 3.05) is 26.9 Å². The molecule has 0 spiro atoms. The summed E-state index contributed by atoms with van der Waals surface area (Å²) in [5, 5.41) is 52.5. The van der Waals surface area contributed by atoms with E-state index >= 15 is 0 Å². The molecule has 0 amide bonds. The van der Waals surface area contributed by atoms with Gasteiger partial charge in [-0.1, -0.05) is 6.07 Å². The Morgan fingerprint density at radius 1 is 1.23 bits per heavy atom. The van der Waals surface area contributed by atoms with Gasteiger partial charge in [0.2, 0.25) is 6.29 Å². The second-order valence-electron chi connectivity index (χ2n) is 9.75. The lowest BCUT2D eigenvalue weighted by Crippen LogP contribution is -2.63. The molecular weight excluding hydrogens is 536 g/mol. The van der Waals surface area contributed by atoms with E-state index in [9.17, 15) is 35.1 Å². The Bertz CT molecular complexity index is 1180. The molecule has 0 radical (unpaired) electrons. The molecule has 4 heterocycles. The first-order valence-electron chi connectivity index (χ1n) is 12.6. The largest absolute Gasteiger partial charge is 0.504 e. The number of epoxide rings is 1. The van der Waals surface area contributed by atoms with Crippen LogP contribution < -0.4 is 4.74 Å². The standard InChI is InChI=1S/C26H30O14/c1-34-15-8-12(2-4-14(15)28)3-5-18(29)39-22-16(9-27)38-25(21(31)20(22)30)40-24-19(17-11-36-17)26(33)6-7-35-23(32)13(26)10-37-24/h2-5,8,10,16-17,19-22,24-25,27-28,30-31,33H,6-7,9,11H2,1H3/b5-3+/t16-,17?,19+,20+,21-,22+,24?,25+,26+/m1/s1. The quantitative estimate of drug-likeness (QED) is 0.141. The van der Waals surface area contributed by atoms with E-state index in [1.165, 1.54) is 31.4 Å². The van der Waals surface area contributed by atoms with E-state index in [0.29, 0.717) is 5.56 Å². The third kappa shape index (κ3) is 5.39. The van der Waals surface area contributed by atoms with Crippen molar-refractivity contribution >= 4 is 18.0 Å². The Morgan fingerprint density at radius 2 is 2.00 bits per heavy atom. The van der Waals surface area contributed by atoms with Crippen LogP contribution in [0.1, 0.15) is 12.0 Å². The van der Waals surface area contributed by atoms with E-state index in [4.69, 9.17) is 33.2 Å². The third-order valence-corrected chi connectivity index (χ3v) is 7.28. The van der Waals surface area contributed by atoms with Crippen LogP contribution in [0.5, 0.6) is 11.5 Å². The van der Waals surface area contributed by atoms with Crippen LogP contribution in [0.25, 0.3) is 6.08 Å². The lowest BCUT2D eigenvalue weighted by Gasteiger charge is -2.47. The molecule has 5 N–H and O–H groups in total. The molecule has 0 bridgehead atoms. The Labute approximate surface area is 227 Å². The first-order valence-corrected chi connectivity index (χ1v) is 12.6. The van der Waals surface area contributed by atoms with Crippen LogP contribution in [0.3, 0.4) is 0 Å². The zero-order chi connectivity index (χ0) is 28.6. The molecule has 4 aliphatic rings. The summed E-state index contributed by atoms with van der Waals surface area (Å²) in [6.45, 7) is -0.462. The van der Waals surface area contributed by atoms with Gasteiger partial charge in [0.05, 0.1) is 45.2 Å². The normalized spacial score (nSPS) is 37.1. The van der Waals surface area contributed by atoms with E-state index in [-0.39, 0.29) is 36.7 Å². The highest BCUT2D eigenvalue weighted by molar-refractivity contribution is 5.91. The lowest BCUT2D eigenvalue weighted by molar-refractivity contribution is -0.348. The maximum atomic E-state index is 12.5. The summed E-state index contributed by atoms with van der Waals surface area (Å²) in [5.41, 5.74) is -1.26. The van der Waals surface area contributed by atoms with Gasteiger partial charge in [0, 0.05) is 12.5 Å². The average Bonchev–Trinajstić information content (AvgIpc) is 3.77. The first-order chi connectivity index (χ1) is 19.2. The molecule has 0 aromatic heterocycles. The van der Waals surface area contributed by atoms with Crippen LogP contribution in [0, 0.1) is 5.92 Å². The summed E-state index contributed by atoms with van der Waals surface area (Å²) in [7, 11) is 1.38. The van der Waals surface area contributed by atoms with Crippen molar-refractivity contribution in [3.05, 3.63) is 41.7 Å². The molecule has 14 nitrogen and oxygen atoms in total. The van der Waals surface area contributed by atoms with Crippen LogP contribution in [-0.2, 0) is 38.0 Å². The molecule has 3 fully saturated rings. The summed E-state index contributed by atoms with van der Waals surface area (Å²) >= 11 is 0. The smallest absolute Gasteiger partial charge is 0.340 e. The van der Waals surface area contributed by atoms with Crippen molar-refractivity contribution in [2.24, 2.45) is 5.92 Å². The van der Waals surface area contributed by atoms with Gasteiger partial charge in [-0.05, 0) is 23.8 Å². The van der Waals surface area contributed by atoms with Gasteiger partial charge < -0.3 is 58.7 Å². The molecule has 9 atom stereocenters. The summed E-state index contributed by atoms with van der Waals surface area (Å²) in [6, 6.07) is 4.39. The Kier molecular flexibility index (Phi) is 8.01. The van der Waals surface area contributed by atoms with E-state index in [1.807, 2.05) is 0 Å². The number of phenols is 1. The highest BCUT2D eigenvalue weighted by atomic mass is 16.8. The van der Waals surface area contributed by atoms with Crippen molar-refractivity contribution in [3.63, 3.8) is 0 Å². The third-order valence-electron chi connectivity index (χ3n) is 7.28. The van der Waals surface area contributed by atoms with E-state index in [0.717, 1.165) is 12.3 Å². The number of hydrogen-bond donors (Lipinski definition) is 5. The maximum Gasteiger partial charge on any atom is 0.340 e. The number of hydrogen-bond acceptors (Lipinski definition) is 14. The number of carbonyl (C=O) groups is 2. The number of carbonyl (C=O) groups excluding carboxylic acids is 2. The molecule has 0 aliphatic carbocycles. The van der Waals surface area contributed by atoms with Gasteiger partial charge in [0.1, 0.15) is 29.5 Å². The van der Waals surface area contributed by atoms with Crippen molar-refractivity contribution < 1.29 is 68.3 Å². The Morgan fingerprint density at radius 3 is 2.70 bits per heavy atom. The average molecular weight is 567 g/mol. The number of benzene rings is 1. The first kappa shape index (κ1) is 28.3. The van der Waals surface area contributed by atoms with Crippen LogP contribution in [0.4, 0.5) is 0 Å². The zero-order valence-electron chi connectivity index (χ0n) is 21.3. The number of rotatable bonds is 8. The monoisotopic (exact) mass is 566 g/mol. The number of esters is 2. The maximum absolute atomic E-state index is 12.5. The van der Waals surface area contributed by atoms with Gasteiger partial charge in [-0.3, -0.25) is 0 Å². The SMILES string of the molecule is COc1cc(/C=C/C(=O)O[C@@H]2[C@@H](O)[C@@H](O)[C@H](OC3OC=C4C(=O)OCC[C@@]4(O)[C@H]3C3CO3)O[C@@H]2CO)ccc1O. The number of fused-ring (bicyclic) bond motifs is 1. The molecule has 2 unspecified atom stereocenters. The summed E-state index contributed by atoms with van der Waals surface area (Å²) in [6.07, 6.45) is -6.08. The van der Waals surface area contributed by atoms with Gasteiger partial charge in [-0.2, -0.15) is 0 Å². The van der Waals surface area contributed by atoms with Gasteiger partial charge in [0.15, 0.2) is 23.9 Å². The molecule has 0 saturated carbocycles. The van der Waals surface area contributed by atoms with E-state index in [2.05, 4.69) is 0 Å². The molecule has 218 valence electrons. The summed E-state index contributed by atoms with van der Waals surface area (Å²) in [5.74, 6) is -2.41. The predicted molar refractivity (Wildman–Crippen MR) is 129 cm³/mol. The van der Waals surface area contributed by atoms with Crippen LogP contribution in [0.2, 0.25) is 0 Å². The number of ether oxygens (including phenoxy) is 7. The summed E-state index contributed by atoms with van der Waals surface area (Å²) < 4.78 is 37.7. The second kappa shape index (κ2) is 11.3. The Hall–Kier alpha value is -3.24. The molecule has 4 aliphatic heterocycles. The van der Waals surface area contributed by atoms with Crippen LogP contribution in [0.15, 0.2) is 36.1 Å². The number of phenolic OH excluding ortho intramolecular Hbond substituents is 1. The number of aliphatic hydroxyl groups excluding tert-OH is 3. The molecule has 14 heteroatoms. The molecule has 5 rings (SSSR count). The highest BCUT2D eigenvalue weighted by Crippen LogP contribution is 2.46. The van der Waals surface area contributed by atoms with Gasteiger partial charge in [-0.25, -0.2) is 9.59 Å². The molecule has 3 saturated heterocycles. The van der Waals surface area contributed by atoms with E-state index in [1.54, 1.807) is 0 Å². The van der Waals surface area contributed by atoms with Crippen LogP contribution >= 0.6 is 0 Å². The topological polar surface area (TPSA) is 203 Å². The number of aromatic hydroxyl groups is 1. The minimum atomic E-state index is -1.76. The minimum absolute atomic E-state index is 0.0295. The lowest BCUT2D eigenvalue weighted by atomic mass is 9.74.